The highest BCUT2D eigenvalue weighted by Crippen LogP contribution is 2.28. The van der Waals surface area contributed by atoms with Crippen LogP contribution >= 0.6 is 11.6 Å². The SMILES string of the molecule is COc1ccc(Cl)cc1NC(=O)C(C)OC(=O)c1ccc([N+](=O)[O-])o1. The number of esters is 1. The highest BCUT2D eigenvalue weighted by atomic mass is 35.5. The van der Waals surface area contributed by atoms with Crippen molar-refractivity contribution < 1.29 is 28.4 Å². The fourth-order valence-corrected chi connectivity index (χ4v) is 1.99. The van der Waals surface area contributed by atoms with Crippen LogP contribution in [0.25, 0.3) is 0 Å². The summed E-state index contributed by atoms with van der Waals surface area (Å²) in [5.74, 6) is -2.26. The zero-order valence-corrected chi connectivity index (χ0v) is 13.9. The largest absolute Gasteiger partial charge is 0.495 e. The molecule has 10 heteroatoms. The first-order chi connectivity index (χ1) is 11.8. The summed E-state index contributed by atoms with van der Waals surface area (Å²) in [4.78, 5) is 33.7. The van der Waals surface area contributed by atoms with E-state index in [9.17, 15) is 19.7 Å². The maximum Gasteiger partial charge on any atom is 0.433 e. The molecular weight excluding hydrogens is 356 g/mol. The Kier molecular flexibility index (Phi) is 5.60. The highest BCUT2D eigenvalue weighted by Gasteiger charge is 2.24. The molecule has 2 aromatic rings. The van der Waals surface area contributed by atoms with Gasteiger partial charge < -0.3 is 19.2 Å². The van der Waals surface area contributed by atoms with Gasteiger partial charge in [-0.05, 0) is 31.2 Å². The number of benzene rings is 1. The van der Waals surface area contributed by atoms with E-state index in [1.165, 1.54) is 20.1 Å². The molecule has 0 bridgehead atoms. The molecular formula is C15H13ClN2O7. The average Bonchev–Trinajstić information content (AvgIpc) is 3.05. The van der Waals surface area contributed by atoms with Crippen LogP contribution < -0.4 is 10.1 Å². The van der Waals surface area contributed by atoms with E-state index < -0.39 is 28.8 Å². The predicted molar refractivity (Wildman–Crippen MR) is 86.9 cm³/mol. The predicted octanol–water partition coefficient (Wildman–Crippen LogP) is 3.03. The quantitative estimate of drug-likeness (QED) is 0.472. The third-order valence-corrected chi connectivity index (χ3v) is 3.28. The van der Waals surface area contributed by atoms with Gasteiger partial charge in [-0.15, -0.1) is 0 Å². The van der Waals surface area contributed by atoms with Crippen molar-refractivity contribution in [2.45, 2.75) is 13.0 Å². The molecule has 1 amide bonds. The number of anilines is 1. The van der Waals surface area contributed by atoms with Gasteiger partial charge in [0.1, 0.15) is 10.7 Å². The lowest BCUT2D eigenvalue weighted by Crippen LogP contribution is -2.30. The number of nitrogens with one attached hydrogen (secondary N) is 1. The second-order valence-electron chi connectivity index (χ2n) is 4.78. The maximum atomic E-state index is 12.1. The monoisotopic (exact) mass is 368 g/mol. The fraction of sp³-hybridized carbons (Fsp3) is 0.200. The molecule has 1 heterocycles. The van der Waals surface area contributed by atoms with Crippen LogP contribution in [0, 0.1) is 10.1 Å². The third-order valence-electron chi connectivity index (χ3n) is 3.05. The van der Waals surface area contributed by atoms with Crippen molar-refractivity contribution in [1.29, 1.82) is 0 Å². The second kappa shape index (κ2) is 7.67. The molecule has 132 valence electrons. The standard InChI is InChI=1S/C15H13ClN2O7/c1-8(24-15(20)12-5-6-13(25-12)18(21)22)14(19)17-10-7-9(16)3-4-11(10)23-2/h3-8H,1-2H3,(H,17,19). The second-order valence-corrected chi connectivity index (χ2v) is 5.21. The molecule has 9 nitrogen and oxygen atoms in total. The lowest BCUT2D eigenvalue weighted by Gasteiger charge is -2.14. The summed E-state index contributed by atoms with van der Waals surface area (Å²) in [7, 11) is 1.42. The molecule has 0 fully saturated rings. The Morgan fingerprint density at radius 2 is 2.04 bits per heavy atom. The van der Waals surface area contributed by atoms with Crippen molar-refractivity contribution in [3.8, 4) is 5.75 Å². The van der Waals surface area contributed by atoms with Crippen molar-refractivity contribution >= 4 is 35.0 Å². The van der Waals surface area contributed by atoms with Gasteiger partial charge >= 0.3 is 11.9 Å². The van der Waals surface area contributed by atoms with E-state index in [1.807, 2.05) is 0 Å². The number of amides is 1. The molecule has 0 aliphatic heterocycles. The van der Waals surface area contributed by atoms with Crippen LogP contribution in [0.2, 0.25) is 5.02 Å². The van der Waals surface area contributed by atoms with Crippen LogP contribution in [0.5, 0.6) is 5.75 Å². The van der Waals surface area contributed by atoms with Gasteiger partial charge in [0.2, 0.25) is 5.76 Å². The molecule has 0 radical (unpaired) electrons. The Hall–Kier alpha value is -3.07. The number of nitro groups is 1. The number of hydrogen-bond acceptors (Lipinski definition) is 7. The zero-order chi connectivity index (χ0) is 18.6. The van der Waals surface area contributed by atoms with Gasteiger partial charge in [0, 0.05) is 5.02 Å². The zero-order valence-electron chi connectivity index (χ0n) is 13.1. The van der Waals surface area contributed by atoms with Gasteiger partial charge in [-0.3, -0.25) is 14.9 Å². The molecule has 0 aliphatic carbocycles. The number of rotatable bonds is 6. The first-order valence-electron chi connectivity index (χ1n) is 6.91. The normalized spacial score (nSPS) is 11.5. The molecule has 1 aromatic carbocycles. The van der Waals surface area contributed by atoms with Crippen molar-refractivity contribution in [3.05, 3.63) is 51.2 Å². The van der Waals surface area contributed by atoms with E-state index in [2.05, 4.69) is 5.32 Å². The lowest BCUT2D eigenvalue weighted by molar-refractivity contribution is -0.402. The third kappa shape index (κ3) is 4.48. The number of methoxy groups -OCH3 is 1. The summed E-state index contributed by atoms with van der Waals surface area (Å²) in [6.07, 6.45) is -1.19. The highest BCUT2D eigenvalue weighted by molar-refractivity contribution is 6.31. The Labute approximate surface area is 146 Å². The summed E-state index contributed by atoms with van der Waals surface area (Å²) < 4.78 is 14.7. The lowest BCUT2D eigenvalue weighted by atomic mass is 10.2. The van der Waals surface area contributed by atoms with E-state index in [4.69, 9.17) is 25.5 Å². The molecule has 0 saturated heterocycles. The molecule has 0 saturated carbocycles. The number of furan rings is 1. The minimum atomic E-state index is -1.19. The van der Waals surface area contributed by atoms with Crippen LogP contribution in [0.15, 0.2) is 34.7 Å². The first-order valence-corrected chi connectivity index (χ1v) is 7.29. The van der Waals surface area contributed by atoms with Crippen molar-refractivity contribution in [1.82, 2.24) is 0 Å². The van der Waals surface area contributed by atoms with E-state index in [0.717, 1.165) is 12.1 Å². The molecule has 2 rings (SSSR count). The number of nitrogens with zero attached hydrogens (tertiary/aromatic N) is 1. The molecule has 1 unspecified atom stereocenters. The minimum absolute atomic E-state index is 0.302. The van der Waals surface area contributed by atoms with Gasteiger partial charge in [-0.1, -0.05) is 11.6 Å². The van der Waals surface area contributed by atoms with E-state index >= 15 is 0 Å². The van der Waals surface area contributed by atoms with E-state index in [-0.39, 0.29) is 5.76 Å². The van der Waals surface area contributed by atoms with E-state index in [1.54, 1.807) is 12.1 Å². The Morgan fingerprint density at radius 1 is 1.32 bits per heavy atom. The van der Waals surface area contributed by atoms with Crippen LogP contribution in [-0.4, -0.2) is 30.0 Å². The van der Waals surface area contributed by atoms with Crippen molar-refractivity contribution in [3.63, 3.8) is 0 Å². The van der Waals surface area contributed by atoms with E-state index in [0.29, 0.717) is 16.5 Å². The van der Waals surface area contributed by atoms with Gasteiger partial charge in [-0.2, -0.15) is 0 Å². The molecule has 1 aromatic heterocycles. The number of ether oxygens (including phenoxy) is 2. The van der Waals surface area contributed by atoms with Gasteiger partial charge in [0.25, 0.3) is 5.91 Å². The molecule has 0 aliphatic rings. The minimum Gasteiger partial charge on any atom is -0.495 e. The summed E-state index contributed by atoms with van der Waals surface area (Å²) >= 11 is 5.87. The number of carbonyl (C=O) groups excluding carboxylic acids is 2. The van der Waals surface area contributed by atoms with Gasteiger partial charge in [0.15, 0.2) is 6.10 Å². The topological polar surface area (TPSA) is 121 Å². The van der Waals surface area contributed by atoms with Crippen LogP contribution in [0.3, 0.4) is 0 Å². The summed E-state index contributed by atoms with van der Waals surface area (Å²) in [6.45, 7) is 1.33. The summed E-state index contributed by atoms with van der Waals surface area (Å²) in [6, 6.07) is 6.73. The summed E-state index contributed by atoms with van der Waals surface area (Å²) in [5.41, 5.74) is 0.302. The maximum absolute atomic E-state index is 12.1. The number of hydrogen-bond donors (Lipinski definition) is 1. The first kappa shape index (κ1) is 18.3. The Bertz CT molecular complexity index is 818. The summed E-state index contributed by atoms with van der Waals surface area (Å²) in [5, 5.41) is 13.4. The van der Waals surface area contributed by atoms with Gasteiger partial charge in [0.05, 0.1) is 18.9 Å². The molecule has 25 heavy (non-hydrogen) atoms. The van der Waals surface area contributed by atoms with Crippen LogP contribution in [0.1, 0.15) is 17.5 Å². The Balaban J connectivity index is 2.03. The fourth-order valence-electron chi connectivity index (χ4n) is 1.82. The van der Waals surface area contributed by atoms with Crippen LogP contribution in [0.4, 0.5) is 11.6 Å². The van der Waals surface area contributed by atoms with Gasteiger partial charge in [-0.25, -0.2) is 4.79 Å². The molecule has 1 N–H and O–H groups in total. The molecule has 1 atom stereocenters. The van der Waals surface area contributed by atoms with Crippen LogP contribution in [-0.2, 0) is 9.53 Å². The average molecular weight is 369 g/mol. The Morgan fingerprint density at radius 3 is 2.64 bits per heavy atom. The number of halogens is 1. The smallest absolute Gasteiger partial charge is 0.433 e. The number of carbonyl (C=O) groups is 2. The van der Waals surface area contributed by atoms with Crippen molar-refractivity contribution in [2.24, 2.45) is 0 Å². The van der Waals surface area contributed by atoms with Crippen molar-refractivity contribution in [2.75, 3.05) is 12.4 Å². The molecule has 0 spiro atoms.